The number of hydrogen-bond donors (Lipinski definition) is 6. The highest BCUT2D eigenvalue weighted by Gasteiger charge is 2.04. The molecule has 0 aromatic rings. The van der Waals surface area contributed by atoms with E-state index in [1.807, 2.05) is 13.8 Å². The number of carbonyl (C=O) groups is 4. The molecule has 0 heterocycles. The quantitative estimate of drug-likeness (QED) is 0.381. The fourth-order valence-electron chi connectivity index (χ4n) is 0. The fourth-order valence-corrected chi connectivity index (χ4v) is 0. The lowest BCUT2D eigenvalue weighted by molar-refractivity contribution is -0.135. The van der Waals surface area contributed by atoms with Crippen LogP contribution in [0.3, 0.4) is 0 Å². The van der Waals surface area contributed by atoms with E-state index < -0.39 is 23.9 Å². The van der Waals surface area contributed by atoms with E-state index in [0.717, 1.165) is 27.7 Å². The number of carboxylic acids is 4. The standard InChI is InChI=1S/C4H12N2.4C2H4O2/c1-4(2,6)3-5;4*1-2(3)4/h3,5-6H2,1-2H3;4*1H3,(H,3,4). The van der Waals surface area contributed by atoms with Gasteiger partial charge in [-0.2, -0.15) is 0 Å². The number of hydrogen-bond acceptors (Lipinski definition) is 6. The van der Waals surface area contributed by atoms with Gasteiger partial charge in [-0.15, -0.1) is 0 Å². The van der Waals surface area contributed by atoms with Crippen LogP contribution in [0.25, 0.3) is 0 Å². The molecular weight excluding hydrogens is 300 g/mol. The van der Waals surface area contributed by atoms with E-state index in [-0.39, 0.29) is 5.54 Å². The van der Waals surface area contributed by atoms with Crippen LogP contribution in [0.2, 0.25) is 0 Å². The van der Waals surface area contributed by atoms with Gasteiger partial charge in [0, 0.05) is 39.8 Å². The fraction of sp³-hybridized carbons (Fsp3) is 0.667. The molecule has 0 aliphatic heterocycles. The number of nitrogens with two attached hydrogens (primary N) is 2. The van der Waals surface area contributed by atoms with Gasteiger partial charge in [-0.25, -0.2) is 0 Å². The van der Waals surface area contributed by atoms with Crippen molar-refractivity contribution in [2.45, 2.75) is 47.1 Å². The lowest BCUT2D eigenvalue weighted by Crippen LogP contribution is -2.40. The average Bonchev–Trinajstić information content (AvgIpc) is 2.12. The Labute approximate surface area is 129 Å². The predicted octanol–water partition coefficient (Wildman–Crippen LogP) is 0.0460. The predicted molar refractivity (Wildman–Crippen MR) is 80.6 cm³/mol. The molecule has 134 valence electrons. The first-order chi connectivity index (χ1) is 9.49. The molecule has 0 aromatic heterocycles. The molecule has 0 unspecified atom stereocenters. The molecule has 0 saturated carbocycles. The first kappa shape index (κ1) is 31.9. The summed E-state index contributed by atoms with van der Waals surface area (Å²) in [5, 5.41) is 29.7. The summed E-state index contributed by atoms with van der Waals surface area (Å²) in [4.78, 5) is 36.0. The molecular formula is C12H28N2O8. The first-order valence-electron chi connectivity index (χ1n) is 5.76. The molecule has 0 rings (SSSR count). The minimum absolute atomic E-state index is 0.181. The van der Waals surface area contributed by atoms with Gasteiger partial charge in [0.05, 0.1) is 0 Å². The molecule has 0 fully saturated rings. The van der Waals surface area contributed by atoms with Crippen molar-refractivity contribution in [3.63, 3.8) is 0 Å². The summed E-state index contributed by atoms with van der Waals surface area (Å²) in [5.41, 5.74) is 10.4. The highest BCUT2D eigenvalue weighted by molar-refractivity contribution is 5.63. The van der Waals surface area contributed by atoms with Gasteiger partial charge in [0.1, 0.15) is 0 Å². The van der Waals surface area contributed by atoms with Crippen molar-refractivity contribution >= 4 is 23.9 Å². The monoisotopic (exact) mass is 328 g/mol. The van der Waals surface area contributed by atoms with Crippen molar-refractivity contribution in [1.29, 1.82) is 0 Å². The largest absolute Gasteiger partial charge is 0.481 e. The zero-order valence-electron chi connectivity index (χ0n) is 13.8. The molecule has 0 atom stereocenters. The molecule has 10 heteroatoms. The molecule has 0 aromatic carbocycles. The van der Waals surface area contributed by atoms with Gasteiger partial charge in [0.2, 0.25) is 0 Å². The Kier molecular flexibility index (Phi) is 30.6. The van der Waals surface area contributed by atoms with Gasteiger partial charge in [-0.05, 0) is 13.8 Å². The summed E-state index contributed by atoms with van der Waals surface area (Å²) in [7, 11) is 0. The molecule has 10 nitrogen and oxygen atoms in total. The van der Waals surface area contributed by atoms with Crippen LogP contribution in [-0.2, 0) is 19.2 Å². The molecule has 0 bridgehead atoms. The molecule has 0 amide bonds. The van der Waals surface area contributed by atoms with Gasteiger partial charge >= 0.3 is 0 Å². The Morgan fingerprint density at radius 3 is 0.773 bits per heavy atom. The van der Waals surface area contributed by atoms with Crippen molar-refractivity contribution in [3.05, 3.63) is 0 Å². The Morgan fingerprint density at radius 1 is 0.727 bits per heavy atom. The van der Waals surface area contributed by atoms with E-state index in [2.05, 4.69) is 0 Å². The van der Waals surface area contributed by atoms with E-state index >= 15 is 0 Å². The van der Waals surface area contributed by atoms with Crippen molar-refractivity contribution in [2.75, 3.05) is 6.54 Å². The molecule has 0 aliphatic rings. The summed E-state index contributed by atoms with van der Waals surface area (Å²) in [6, 6.07) is 0. The summed E-state index contributed by atoms with van der Waals surface area (Å²) in [5.74, 6) is -3.33. The molecule has 8 N–H and O–H groups in total. The normalized spacial score (nSPS) is 7.82. The van der Waals surface area contributed by atoms with Gasteiger partial charge in [-0.3, -0.25) is 19.2 Å². The van der Waals surface area contributed by atoms with Gasteiger partial charge < -0.3 is 31.9 Å². The van der Waals surface area contributed by atoms with Gasteiger partial charge in [-0.1, -0.05) is 0 Å². The van der Waals surface area contributed by atoms with Crippen LogP contribution in [-0.4, -0.2) is 56.4 Å². The Balaban J connectivity index is -0.0000000555. The maximum atomic E-state index is 9.00. The smallest absolute Gasteiger partial charge is 0.300 e. The van der Waals surface area contributed by atoms with E-state index in [4.69, 9.17) is 51.1 Å². The third kappa shape index (κ3) is 7850. The minimum atomic E-state index is -0.833. The highest BCUT2D eigenvalue weighted by Crippen LogP contribution is 1.88. The molecule has 0 spiro atoms. The third-order valence-corrected chi connectivity index (χ3v) is 0.526. The average molecular weight is 328 g/mol. The first-order valence-corrected chi connectivity index (χ1v) is 5.76. The van der Waals surface area contributed by atoms with Crippen LogP contribution in [0, 0.1) is 0 Å². The zero-order valence-corrected chi connectivity index (χ0v) is 13.8. The van der Waals surface area contributed by atoms with E-state index in [1.165, 1.54) is 0 Å². The number of rotatable bonds is 1. The molecule has 0 aliphatic carbocycles. The Bertz CT molecular complexity index is 247. The van der Waals surface area contributed by atoms with E-state index in [1.54, 1.807) is 0 Å². The lowest BCUT2D eigenvalue weighted by atomic mass is 10.1. The van der Waals surface area contributed by atoms with Crippen LogP contribution in [0.4, 0.5) is 0 Å². The molecule has 0 saturated heterocycles. The van der Waals surface area contributed by atoms with Crippen molar-refractivity contribution in [1.82, 2.24) is 0 Å². The van der Waals surface area contributed by atoms with Crippen LogP contribution in [0.5, 0.6) is 0 Å². The maximum absolute atomic E-state index is 9.00. The summed E-state index contributed by atoms with van der Waals surface area (Å²) in [6.07, 6.45) is 0. The van der Waals surface area contributed by atoms with Crippen molar-refractivity contribution < 1.29 is 39.6 Å². The minimum Gasteiger partial charge on any atom is -0.481 e. The van der Waals surface area contributed by atoms with E-state index in [9.17, 15) is 0 Å². The van der Waals surface area contributed by atoms with Crippen molar-refractivity contribution in [3.8, 4) is 0 Å². The second-order valence-corrected chi connectivity index (χ2v) is 4.27. The number of carboxylic acid groups (broad SMARTS) is 4. The van der Waals surface area contributed by atoms with Crippen LogP contribution in [0.15, 0.2) is 0 Å². The van der Waals surface area contributed by atoms with E-state index in [0.29, 0.717) is 6.54 Å². The SMILES string of the molecule is CC(=O)O.CC(=O)O.CC(=O)O.CC(=O)O.CC(C)(N)CN. The summed E-state index contributed by atoms with van der Waals surface area (Å²) < 4.78 is 0. The third-order valence-electron chi connectivity index (χ3n) is 0.526. The Hall–Kier alpha value is -2.20. The second kappa shape index (κ2) is 21.1. The van der Waals surface area contributed by atoms with Gasteiger partial charge in [0.15, 0.2) is 0 Å². The molecule has 0 radical (unpaired) electrons. The van der Waals surface area contributed by atoms with Crippen LogP contribution in [0.1, 0.15) is 41.5 Å². The lowest BCUT2D eigenvalue weighted by Gasteiger charge is -2.13. The second-order valence-electron chi connectivity index (χ2n) is 4.27. The highest BCUT2D eigenvalue weighted by atomic mass is 16.4. The van der Waals surface area contributed by atoms with Gasteiger partial charge in [0.25, 0.3) is 23.9 Å². The van der Waals surface area contributed by atoms with Crippen molar-refractivity contribution in [2.24, 2.45) is 11.5 Å². The number of aliphatic carboxylic acids is 4. The maximum Gasteiger partial charge on any atom is 0.300 e. The summed E-state index contributed by atoms with van der Waals surface area (Å²) in [6.45, 7) is 8.67. The Morgan fingerprint density at radius 2 is 0.773 bits per heavy atom. The summed E-state index contributed by atoms with van der Waals surface area (Å²) >= 11 is 0. The molecule has 22 heavy (non-hydrogen) atoms. The topological polar surface area (TPSA) is 201 Å². The van der Waals surface area contributed by atoms with Crippen LogP contribution >= 0.6 is 0 Å². The zero-order chi connectivity index (χ0) is 19.5. The van der Waals surface area contributed by atoms with Crippen LogP contribution < -0.4 is 11.5 Å².